The van der Waals surface area contributed by atoms with E-state index in [4.69, 9.17) is 10.5 Å². The topological polar surface area (TPSA) is 64.3 Å². The fourth-order valence-electron chi connectivity index (χ4n) is 2.09. The number of thioether (sulfide) groups is 1. The van der Waals surface area contributed by atoms with Gasteiger partial charge in [0, 0.05) is 23.2 Å². The Kier molecular flexibility index (Phi) is 4.96. The summed E-state index contributed by atoms with van der Waals surface area (Å²) in [5.74, 6) is 0.890. The molecule has 1 saturated heterocycles. The zero-order chi connectivity index (χ0) is 13.7. The Morgan fingerprint density at radius 3 is 3.11 bits per heavy atom. The van der Waals surface area contributed by atoms with Gasteiger partial charge in [0.1, 0.15) is 0 Å². The third kappa shape index (κ3) is 3.80. The van der Waals surface area contributed by atoms with E-state index in [0.29, 0.717) is 23.1 Å². The first-order valence-electron chi connectivity index (χ1n) is 6.63. The SMILES string of the molecule is CCOC(=O)c1cc(NCC2CCCS2)ccc1N. The van der Waals surface area contributed by atoms with Crippen LogP contribution in [0.25, 0.3) is 0 Å². The van der Waals surface area contributed by atoms with E-state index in [-0.39, 0.29) is 5.97 Å². The van der Waals surface area contributed by atoms with Gasteiger partial charge in [-0.15, -0.1) is 0 Å². The van der Waals surface area contributed by atoms with E-state index in [9.17, 15) is 4.79 Å². The fourth-order valence-corrected chi connectivity index (χ4v) is 3.29. The molecule has 1 aromatic rings. The summed E-state index contributed by atoms with van der Waals surface area (Å²) < 4.78 is 4.99. The molecule has 1 aromatic carbocycles. The standard InChI is InChI=1S/C14H20N2O2S/c1-2-18-14(17)12-8-10(5-6-13(12)15)16-9-11-4-3-7-19-11/h5-6,8,11,16H,2-4,7,9,15H2,1H3. The smallest absolute Gasteiger partial charge is 0.340 e. The van der Waals surface area contributed by atoms with Gasteiger partial charge in [-0.1, -0.05) is 0 Å². The van der Waals surface area contributed by atoms with Gasteiger partial charge in [-0.05, 0) is 43.7 Å². The van der Waals surface area contributed by atoms with E-state index in [1.165, 1.54) is 18.6 Å². The zero-order valence-electron chi connectivity index (χ0n) is 11.1. The second-order valence-corrected chi connectivity index (χ2v) is 5.95. The van der Waals surface area contributed by atoms with E-state index < -0.39 is 0 Å². The first-order valence-corrected chi connectivity index (χ1v) is 7.67. The van der Waals surface area contributed by atoms with Crippen molar-refractivity contribution in [3.05, 3.63) is 23.8 Å². The van der Waals surface area contributed by atoms with Gasteiger partial charge in [-0.3, -0.25) is 0 Å². The molecule has 5 heteroatoms. The highest BCUT2D eigenvalue weighted by molar-refractivity contribution is 8.00. The number of hydrogen-bond donors (Lipinski definition) is 2. The van der Waals surface area contributed by atoms with Crippen LogP contribution >= 0.6 is 11.8 Å². The molecule has 0 radical (unpaired) electrons. The number of benzene rings is 1. The minimum absolute atomic E-state index is 0.356. The maximum atomic E-state index is 11.7. The minimum Gasteiger partial charge on any atom is -0.462 e. The van der Waals surface area contributed by atoms with Crippen LogP contribution in [-0.4, -0.2) is 30.1 Å². The Hall–Kier alpha value is -1.36. The quantitative estimate of drug-likeness (QED) is 0.641. The molecule has 0 spiro atoms. The van der Waals surface area contributed by atoms with Crippen LogP contribution < -0.4 is 11.1 Å². The summed E-state index contributed by atoms with van der Waals surface area (Å²) in [6.45, 7) is 3.07. The van der Waals surface area contributed by atoms with Crippen LogP contribution in [0.3, 0.4) is 0 Å². The van der Waals surface area contributed by atoms with Gasteiger partial charge in [0.05, 0.1) is 12.2 Å². The average molecular weight is 280 g/mol. The summed E-state index contributed by atoms with van der Waals surface area (Å²) in [5, 5.41) is 4.04. The van der Waals surface area contributed by atoms with Crippen molar-refractivity contribution < 1.29 is 9.53 Å². The largest absolute Gasteiger partial charge is 0.462 e. The number of carbonyl (C=O) groups excluding carboxylic acids is 1. The molecule has 3 N–H and O–H groups in total. The van der Waals surface area contributed by atoms with Crippen LogP contribution in [0.15, 0.2) is 18.2 Å². The summed E-state index contributed by atoms with van der Waals surface area (Å²) in [6.07, 6.45) is 2.56. The molecule has 0 aromatic heterocycles. The number of nitrogens with one attached hydrogen (secondary N) is 1. The Labute approximate surface area is 118 Å². The maximum Gasteiger partial charge on any atom is 0.340 e. The van der Waals surface area contributed by atoms with Crippen molar-refractivity contribution in [3.63, 3.8) is 0 Å². The molecule has 1 fully saturated rings. The molecule has 19 heavy (non-hydrogen) atoms. The van der Waals surface area contributed by atoms with Gasteiger partial charge >= 0.3 is 5.97 Å². The van der Waals surface area contributed by atoms with Crippen molar-refractivity contribution in [3.8, 4) is 0 Å². The van der Waals surface area contributed by atoms with Crippen molar-refractivity contribution in [2.24, 2.45) is 0 Å². The molecule has 1 atom stereocenters. The van der Waals surface area contributed by atoms with Gasteiger partial charge in [0.2, 0.25) is 0 Å². The van der Waals surface area contributed by atoms with Crippen LogP contribution in [0.5, 0.6) is 0 Å². The number of nitrogens with two attached hydrogens (primary N) is 1. The monoisotopic (exact) mass is 280 g/mol. The zero-order valence-corrected chi connectivity index (χ0v) is 12.0. The van der Waals surface area contributed by atoms with Crippen LogP contribution in [0.2, 0.25) is 0 Å². The molecule has 1 heterocycles. The van der Waals surface area contributed by atoms with Gasteiger partial charge in [-0.25, -0.2) is 4.79 Å². The third-order valence-electron chi connectivity index (χ3n) is 3.11. The summed E-state index contributed by atoms with van der Waals surface area (Å²) in [7, 11) is 0. The van der Waals surface area contributed by atoms with Crippen LogP contribution in [0.4, 0.5) is 11.4 Å². The Morgan fingerprint density at radius 2 is 2.42 bits per heavy atom. The van der Waals surface area contributed by atoms with E-state index >= 15 is 0 Å². The molecule has 0 amide bonds. The van der Waals surface area contributed by atoms with Crippen molar-refractivity contribution in [2.45, 2.75) is 25.0 Å². The molecule has 1 aliphatic rings. The molecule has 104 valence electrons. The second-order valence-electron chi connectivity index (χ2n) is 4.54. The number of ether oxygens (including phenoxy) is 1. The molecule has 0 bridgehead atoms. The highest BCUT2D eigenvalue weighted by Gasteiger charge is 2.16. The number of anilines is 2. The highest BCUT2D eigenvalue weighted by atomic mass is 32.2. The van der Waals surface area contributed by atoms with Crippen LogP contribution in [-0.2, 0) is 4.74 Å². The third-order valence-corrected chi connectivity index (χ3v) is 4.50. The number of esters is 1. The number of hydrogen-bond acceptors (Lipinski definition) is 5. The van der Waals surface area contributed by atoms with Crippen LogP contribution in [0, 0.1) is 0 Å². The summed E-state index contributed by atoms with van der Waals surface area (Å²) >= 11 is 2.00. The fraction of sp³-hybridized carbons (Fsp3) is 0.500. The first kappa shape index (κ1) is 14.1. The lowest BCUT2D eigenvalue weighted by atomic mass is 10.1. The first-order chi connectivity index (χ1) is 9.20. The number of carbonyl (C=O) groups is 1. The average Bonchev–Trinajstić information content (AvgIpc) is 2.91. The maximum absolute atomic E-state index is 11.7. The van der Waals surface area contributed by atoms with Gasteiger partial charge < -0.3 is 15.8 Å². The molecule has 1 unspecified atom stereocenters. The van der Waals surface area contributed by atoms with Crippen molar-refractivity contribution >= 4 is 29.1 Å². The predicted octanol–water partition coefficient (Wildman–Crippen LogP) is 2.75. The lowest BCUT2D eigenvalue weighted by molar-refractivity contribution is 0.0527. The predicted molar refractivity (Wildman–Crippen MR) is 80.8 cm³/mol. The second kappa shape index (κ2) is 6.70. The number of nitrogen functional groups attached to an aromatic ring is 1. The molecule has 0 aliphatic carbocycles. The van der Waals surface area contributed by atoms with Crippen molar-refractivity contribution in [1.29, 1.82) is 0 Å². The van der Waals surface area contributed by atoms with Gasteiger partial charge in [0.25, 0.3) is 0 Å². The number of rotatable bonds is 5. The van der Waals surface area contributed by atoms with E-state index in [0.717, 1.165) is 12.2 Å². The molecule has 1 aliphatic heterocycles. The summed E-state index contributed by atoms with van der Waals surface area (Å²) in [6, 6.07) is 5.42. The van der Waals surface area contributed by atoms with Crippen molar-refractivity contribution in [1.82, 2.24) is 0 Å². The van der Waals surface area contributed by atoms with Gasteiger partial charge in [-0.2, -0.15) is 11.8 Å². The van der Waals surface area contributed by atoms with E-state index in [1.54, 1.807) is 19.1 Å². The summed E-state index contributed by atoms with van der Waals surface area (Å²) in [4.78, 5) is 11.7. The van der Waals surface area contributed by atoms with E-state index in [2.05, 4.69) is 5.32 Å². The molecular weight excluding hydrogens is 260 g/mol. The van der Waals surface area contributed by atoms with E-state index in [1.807, 2.05) is 17.8 Å². The van der Waals surface area contributed by atoms with Crippen molar-refractivity contribution in [2.75, 3.05) is 30.0 Å². The highest BCUT2D eigenvalue weighted by Crippen LogP contribution is 2.27. The Morgan fingerprint density at radius 1 is 1.58 bits per heavy atom. The Balaban J connectivity index is 2.00. The van der Waals surface area contributed by atoms with Gasteiger partial charge in [0.15, 0.2) is 0 Å². The molecule has 0 saturated carbocycles. The molecule has 4 nitrogen and oxygen atoms in total. The lowest BCUT2D eigenvalue weighted by Crippen LogP contribution is -2.14. The Bertz CT molecular complexity index is 445. The van der Waals surface area contributed by atoms with Crippen LogP contribution in [0.1, 0.15) is 30.1 Å². The molecule has 2 rings (SSSR count). The normalized spacial score (nSPS) is 18.3. The molecular formula is C14H20N2O2S. The summed E-state index contributed by atoms with van der Waals surface area (Å²) in [5.41, 5.74) is 7.62. The minimum atomic E-state index is -0.362. The lowest BCUT2D eigenvalue weighted by Gasteiger charge is -2.13.